The summed E-state index contributed by atoms with van der Waals surface area (Å²) in [6.07, 6.45) is 1.29. The van der Waals surface area contributed by atoms with Crippen LogP contribution in [0, 0.1) is 0 Å². The van der Waals surface area contributed by atoms with Gasteiger partial charge in [-0.3, -0.25) is 9.69 Å². The van der Waals surface area contributed by atoms with E-state index in [0.29, 0.717) is 12.2 Å². The van der Waals surface area contributed by atoms with Gasteiger partial charge in [0.1, 0.15) is 11.3 Å². The van der Waals surface area contributed by atoms with Gasteiger partial charge in [-0.1, -0.05) is 36.4 Å². The number of benzene rings is 2. The zero-order chi connectivity index (χ0) is 18.7. The van der Waals surface area contributed by atoms with E-state index in [1.165, 1.54) is 4.90 Å². The second-order valence-corrected chi connectivity index (χ2v) is 7.46. The number of amides is 3. The van der Waals surface area contributed by atoms with Crippen molar-refractivity contribution in [3.63, 3.8) is 0 Å². The molecule has 2 aromatic carbocycles. The van der Waals surface area contributed by atoms with Crippen LogP contribution < -0.4 is 10.1 Å². The smallest absolute Gasteiger partial charge is 0.325 e. The Morgan fingerprint density at radius 3 is 2.50 bits per heavy atom. The molecule has 1 heterocycles. The minimum Gasteiger partial charge on any atom is -0.496 e. The topological polar surface area (TPSA) is 58.6 Å². The number of imide groups is 1. The first-order valence-corrected chi connectivity index (χ1v) is 9.23. The van der Waals surface area contributed by atoms with Gasteiger partial charge in [-0.15, -0.1) is 0 Å². The Balaban J connectivity index is 1.71. The lowest BCUT2D eigenvalue weighted by molar-refractivity contribution is -0.131. The van der Waals surface area contributed by atoms with Crippen LogP contribution in [-0.2, 0) is 17.8 Å². The summed E-state index contributed by atoms with van der Waals surface area (Å²) in [7, 11) is 1.59. The number of rotatable bonds is 6. The van der Waals surface area contributed by atoms with Crippen LogP contribution in [0.2, 0.25) is 0 Å². The van der Waals surface area contributed by atoms with Crippen LogP contribution in [0.1, 0.15) is 24.5 Å². The van der Waals surface area contributed by atoms with E-state index in [0.717, 1.165) is 22.0 Å². The van der Waals surface area contributed by atoms with Crippen molar-refractivity contribution >= 4 is 27.9 Å². The molecule has 1 aliphatic rings. The Hall–Kier alpha value is -2.34. The minimum absolute atomic E-state index is 0.189. The Morgan fingerprint density at radius 2 is 1.85 bits per heavy atom. The van der Waals surface area contributed by atoms with Gasteiger partial charge in [0.05, 0.1) is 18.1 Å². The van der Waals surface area contributed by atoms with Crippen LogP contribution >= 0.6 is 15.9 Å². The van der Waals surface area contributed by atoms with Gasteiger partial charge in [-0.05, 0) is 59.0 Å². The standard InChI is InChI=1S/C20H21BrN2O3/c1-20(11-10-14-6-4-3-5-7-14)18(24)23(19(25)22-20)13-15-8-9-17(26-2)16(21)12-15/h3-9,12H,10-11,13H2,1-2H3,(H,22,25)/t20-/m1/s1. The molecule has 0 unspecified atom stereocenters. The third kappa shape index (κ3) is 3.75. The maximum Gasteiger partial charge on any atom is 0.325 e. The van der Waals surface area contributed by atoms with Gasteiger partial charge >= 0.3 is 6.03 Å². The fourth-order valence-electron chi connectivity index (χ4n) is 3.09. The molecule has 1 N–H and O–H groups in total. The van der Waals surface area contributed by atoms with E-state index >= 15 is 0 Å². The molecule has 2 aromatic rings. The lowest BCUT2D eigenvalue weighted by Crippen LogP contribution is -2.44. The number of aryl methyl sites for hydroxylation is 1. The Bertz CT molecular complexity index is 825. The van der Waals surface area contributed by atoms with Crippen LogP contribution in [0.15, 0.2) is 53.0 Å². The molecule has 0 spiro atoms. The van der Waals surface area contributed by atoms with E-state index in [2.05, 4.69) is 21.2 Å². The summed E-state index contributed by atoms with van der Waals surface area (Å²) >= 11 is 3.43. The maximum atomic E-state index is 12.9. The van der Waals surface area contributed by atoms with E-state index in [1.807, 2.05) is 48.5 Å². The van der Waals surface area contributed by atoms with Gasteiger partial charge in [0.15, 0.2) is 0 Å². The zero-order valence-electron chi connectivity index (χ0n) is 14.8. The number of ether oxygens (including phenoxy) is 1. The first-order valence-electron chi connectivity index (χ1n) is 8.43. The summed E-state index contributed by atoms with van der Waals surface area (Å²) in [6.45, 7) is 2.02. The lowest BCUT2D eigenvalue weighted by atomic mass is 9.93. The van der Waals surface area contributed by atoms with Crippen LogP contribution in [-0.4, -0.2) is 29.5 Å². The molecule has 0 aliphatic carbocycles. The molecule has 1 atom stereocenters. The van der Waals surface area contributed by atoms with Gasteiger partial charge in [0.2, 0.25) is 0 Å². The summed E-state index contributed by atoms with van der Waals surface area (Å²) in [6, 6.07) is 15.1. The molecular weight excluding hydrogens is 396 g/mol. The fourth-order valence-corrected chi connectivity index (χ4v) is 3.68. The molecule has 136 valence electrons. The number of nitrogens with one attached hydrogen (secondary N) is 1. The van der Waals surface area contributed by atoms with Gasteiger partial charge in [-0.2, -0.15) is 0 Å². The first kappa shape index (κ1) is 18.5. The fraction of sp³-hybridized carbons (Fsp3) is 0.300. The van der Waals surface area contributed by atoms with Crippen LogP contribution in [0.4, 0.5) is 4.79 Å². The molecular formula is C20H21BrN2O3. The summed E-state index contributed by atoms with van der Waals surface area (Å²) in [5, 5.41) is 2.86. The third-order valence-corrected chi connectivity index (χ3v) is 5.28. The van der Waals surface area contributed by atoms with Crippen molar-refractivity contribution in [2.24, 2.45) is 0 Å². The van der Waals surface area contributed by atoms with Gasteiger partial charge in [-0.25, -0.2) is 4.79 Å². The molecule has 3 rings (SSSR count). The van der Waals surface area contributed by atoms with Crippen LogP contribution in [0.25, 0.3) is 0 Å². The Labute approximate surface area is 161 Å². The highest BCUT2D eigenvalue weighted by Crippen LogP contribution is 2.28. The normalized spacial score (nSPS) is 19.6. The predicted octanol–water partition coefficient (Wildman–Crippen LogP) is 3.90. The largest absolute Gasteiger partial charge is 0.496 e. The number of carbonyl (C=O) groups excluding carboxylic acids is 2. The Morgan fingerprint density at radius 1 is 1.12 bits per heavy atom. The zero-order valence-corrected chi connectivity index (χ0v) is 16.4. The molecule has 1 aliphatic heterocycles. The number of methoxy groups -OCH3 is 1. The average Bonchev–Trinajstić information content (AvgIpc) is 2.85. The van der Waals surface area contributed by atoms with Crippen molar-refractivity contribution in [1.82, 2.24) is 10.2 Å². The highest BCUT2D eigenvalue weighted by molar-refractivity contribution is 9.10. The number of hydrogen-bond acceptors (Lipinski definition) is 3. The number of hydrogen-bond donors (Lipinski definition) is 1. The molecule has 5 nitrogen and oxygen atoms in total. The summed E-state index contributed by atoms with van der Waals surface area (Å²) in [5.41, 5.74) is 1.12. The van der Waals surface area contributed by atoms with Gasteiger partial charge < -0.3 is 10.1 Å². The van der Waals surface area contributed by atoms with Crippen molar-refractivity contribution in [1.29, 1.82) is 0 Å². The summed E-state index contributed by atoms with van der Waals surface area (Å²) in [5.74, 6) is 0.518. The van der Waals surface area contributed by atoms with Gasteiger partial charge in [0.25, 0.3) is 5.91 Å². The molecule has 0 aromatic heterocycles. The molecule has 0 radical (unpaired) electrons. The summed E-state index contributed by atoms with van der Waals surface area (Å²) in [4.78, 5) is 26.5. The quantitative estimate of drug-likeness (QED) is 0.726. The second kappa shape index (κ2) is 7.50. The van der Waals surface area contributed by atoms with Crippen molar-refractivity contribution in [2.75, 3.05) is 7.11 Å². The molecule has 1 saturated heterocycles. The van der Waals surface area contributed by atoms with Crippen molar-refractivity contribution in [3.8, 4) is 5.75 Å². The minimum atomic E-state index is -0.878. The average molecular weight is 417 g/mol. The summed E-state index contributed by atoms with van der Waals surface area (Å²) < 4.78 is 6.00. The molecule has 0 saturated carbocycles. The predicted molar refractivity (Wildman–Crippen MR) is 103 cm³/mol. The molecule has 6 heteroatoms. The van der Waals surface area contributed by atoms with Crippen molar-refractivity contribution in [2.45, 2.75) is 31.8 Å². The van der Waals surface area contributed by atoms with E-state index in [1.54, 1.807) is 14.0 Å². The van der Waals surface area contributed by atoms with Gasteiger partial charge in [0, 0.05) is 0 Å². The van der Waals surface area contributed by atoms with Crippen LogP contribution in [0.5, 0.6) is 5.75 Å². The molecule has 1 fully saturated rings. The third-order valence-electron chi connectivity index (χ3n) is 4.66. The van der Waals surface area contributed by atoms with E-state index in [-0.39, 0.29) is 18.5 Å². The Kier molecular flexibility index (Phi) is 5.32. The highest BCUT2D eigenvalue weighted by Gasteiger charge is 2.47. The van der Waals surface area contributed by atoms with Crippen LogP contribution in [0.3, 0.4) is 0 Å². The number of urea groups is 1. The number of carbonyl (C=O) groups is 2. The van der Waals surface area contributed by atoms with E-state index < -0.39 is 5.54 Å². The highest BCUT2D eigenvalue weighted by atomic mass is 79.9. The molecule has 3 amide bonds. The maximum absolute atomic E-state index is 12.9. The number of nitrogens with zero attached hydrogens (tertiary/aromatic N) is 1. The molecule has 26 heavy (non-hydrogen) atoms. The van der Waals surface area contributed by atoms with E-state index in [4.69, 9.17) is 4.74 Å². The lowest BCUT2D eigenvalue weighted by Gasteiger charge is -2.21. The first-order chi connectivity index (χ1) is 12.4. The van der Waals surface area contributed by atoms with Crippen molar-refractivity contribution < 1.29 is 14.3 Å². The monoisotopic (exact) mass is 416 g/mol. The molecule has 0 bridgehead atoms. The van der Waals surface area contributed by atoms with E-state index in [9.17, 15) is 9.59 Å². The van der Waals surface area contributed by atoms with Crippen molar-refractivity contribution in [3.05, 3.63) is 64.1 Å². The SMILES string of the molecule is COc1ccc(CN2C(=O)N[C@](C)(CCc3ccccc3)C2=O)cc1Br. The number of halogens is 1. The second-order valence-electron chi connectivity index (χ2n) is 6.61.